The Morgan fingerprint density at radius 3 is 2.16 bits per heavy atom. The van der Waals surface area contributed by atoms with E-state index >= 15 is 0 Å². The van der Waals surface area contributed by atoms with Crippen LogP contribution < -0.4 is 25.0 Å². The van der Waals surface area contributed by atoms with Gasteiger partial charge in [0.15, 0.2) is 11.5 Å². The van der Waals surface area contributed by atoms with Gasteiger partial charge in [0.25, 0.3) is 11.8 Å². The standard InChI is InChI=1S/C21H23N3O6S/c1-12(25)22-15-7-5-13(6-8-15)20(27)23-24-18(26)11-31-21(24)14-9-16(28-2)19(30-4)17(10-14)29-3/h5-10,21H,11H2,1-4H3,(H,22,25)(H,23,27)/t21-/m0/s1. The first-order valence-electron chi connectivity index (χ1n) is 9.30. The van der Waals surface area contributed by atoms with E-state index in [-0.39, 0.29) is 17.6 Å². The zero-order chi connectivity index (χ0) is 22.5. The Balaban J connectivity index is 1.83. The fourth-order valence-corrected chi connectivity index (χ4v) is 4.20. The summed E-state index contributed by atoms with van der Waals surface area (Å²) in [5, 5.41) is 3.47. The minimum Gasteiger partial charge on any atom is -0.493 e. The first kappa shape index (κ1) is 22.3. The van der Waals surface area contributed by atoms with Gasteiger partial charge in [0.05, 0.1) is 27.1 Å². The van der Waals surface area contributed by atoms with Gasteiger partial charge >= 0.3 is 0 Å². The highest BCUT2D eigenvalue weighted by Crippen LogP contribution is 2.45. The van der Waals surface area contributed by atoms with E-state index in [9.17, 15) is 14.4 Å². The van der Waals surface area contributed by atoms with Crippen molar-refractivity contribution in [3.63, 3.8) is 0 Å². The van der Waals surface area contributed by atoms with Crippen molar-refractivity contribution >= 4 is 35.2 Å². The third-order valence-electron chi connectivity index (χ3n) is 4.53. The van der Waals surface area contributed by atoms with Crippen LogP contribution in [0, 0.1) is 0 Å². The number of ether oxygens (including phenoxy) is 3. The Labute approximate surface area is 184 Å². The van der Waals surface area contributed by atoms with Crippen molar-refractivity contribution in [2.75, 3.05) is 32.4 Å². The monoisotopic (exact) mass is 445 g/mol. The van der Waals surface area contributed by atoms with Crippen LogP contribution in [0.3, 0.4) is 0 Å². The largest absolute Gasteiger partial charge is 0.493 e. The van der Waals surface area contributed by atoms with Crippen LogP contribution in [0.15, 0.2) is 36.4 Å². The van der Waals surface area contributed by atoms with Crippen LogP contribution in [0.25, 0.3) is 0 Å². The summed E-state index contributed by atoms with van der Waals surface area (Å²) in [5.74, 6) is 0.689. The number of nitrogens with zero attached hydrogens (tertiary/aromatic N) is 1. The topological polar surface area (TPSA) is 106 Å². The highest BCUT2D eigenvalue weighted by molar-refractivity contribution is 8.00. The van der Waals surface area contributed by atoms with E-state index in [4.69, 9.17) is 14.2 Å². The lowest BCUT2D eigenvalue weighted by Gasteiger charge is -2.25. The summed E-state index contributed by atoms with van der Waals surface area (Å²) in [7, 11) is 4.54. The van der Waals surface area contributed by atoms with Crippen LogP contribution in [0.1, 0.15) is 28.2 Å². The van der Waals surface area contributed by atoms with Gasteiger partial charge in [-0.2, -0.15) is 0 Å². The Bertz CT molecular complexity index is 970. The number of carbonyl (C=O) groups is 3. The molecule has 1 aliphatic rings. The second-order valence-corrected chi connectivity index (χ2v) is 7.65. The predicted molar refractivity (Wildman–Crippen MR) is 116 cm³/mol. The average molecular weight is 445 g/mol. The van der Waals surface area contributed by atoms with Gasteiger partial charge in [-0.3, -0.25) is 19.8 Å². The lowest BCUT2D eigenvalue weighted by molar-refractivity contribution is -0.130. The number of benzene rings is 2. The predicted octanol–water partition coefficient (Wildman–Crippen LogP) is 2.59. The molecule has 2 aromatic carbocycles. The maximum Gasteiger partial charge on any atom is 0.269 e. The first-order chi connectivity index (χ1) is 14.9. The molecule has 0 unspecified atom stereocenters. The molecule has 1 aliphatic heterocycles. The molecule has 1 saturated heterocycles. The summed E-state index contributed by atoms with van der Waals surface area (Å²) in [6.07, 6.45) is 0. The average Bonchev–Trinajstić information content (AvgIpc) is 3.12. The molecule has 9 nitrogen and oxygen atoms in total. The Morgan fingerprint density at radius 1 is 1.03 bits per heavy atom. The van der Waals surface area contributed by atoms with Crippen molar-refractivity contribution in [3.8, 4) is 17.2 Å². The molecule has 1 atom stereocenters. The van der Waals surface area contributed by atoms with E-state index in [0.29, 0.717) is 34.1 Å². The normalized spacial score (nSPS) is 15.4. The SMILES string of the molecule is COc1cc([C@@H]2SCC(=O)N2NC(=O)c2ccc(NC(C)=O)cc2)cc(OC)c1OC. The number of thioether (sulfide) groups is 1. The maximum atomic E-state index is 12.7. The molecule has 0 bridgehead atoms. The molecule has 0 saturated carbocycles. The van der Waals surface area contributed by atoms with Gasteiger partial charge in [0.1, 0.15) is 5.37 Å². The van der Waals surface area contributed by atoms with E-state index < -0.39 is 11.3 Å². The van der Waals surface area contributed by atoms with Gasteiger partial charge in [-0.15, -0.1) is 11.8 Å². The van der Waals surface area contributed by atoms with Gasteiger partial charge in [0, 0.05) is 18.2 Å². The number of hydrazine groups is 1. The number of amides is 3. The summed E-state index contributed by atoms with van der Waals surface area (Å²) in [5.41, 5.74) is 4.32. The fourth-order valence-electron chi connectivity index (χ4n) is 3.12. The highest BCUT2D eigenvalue weighted by Gasteiger charge is 2.35. The van der Waals surface area contributed by atoms with Crippen LogP contribution in [-0.2, 0) is 9.59 Å². The summed E-state index contributed by atoms with van der Waals surface area (Å²) < 4.78 is 16.1. The molecule has 2 aromatic rings. The molecule has 0 aromatic heterocycles. The van der Waals surface area contributed by atoms with Gasteiger partial charge in [0.2, 0.25) is 11.7 Å². The molecule has 3 rings (SSSR count). The Kier molecular flexibility index (Phi) is 6.91. The van der Waals surface area contributed by atoms with Crippen molar-refractivity contribution in [2.45, 2.75) is 12.3 Å². The highest BCUT2D eigenvalue weighted by atomic mass is 32.2. The van der Waals surface area contributed by atoms with Crippen molar-refractivity contribution in [3.05, 3.63) is 47.5 Å². The molecular weight excluding hydrogens is 422 g/mol. The van der Waals surface area contributed by atoms with Crippen LogP contribution in [0.4, 0.5) is 5.69 Å². The fraction of sp³-hybridized carbons (Fsp3) is 0.286. The van der Waals surface area contributed by atoms with Crippen LogP contribution in [-0.4, -0.2) is 49.8 Å². The zero-order valence-corrected chi connectivity index (χ0v) is 18.4. The van der Waals surface area contributed by atoms with Crippen molar-refractivity contribution in [1.82, 2.24) is 10.4 Å². The molecule has 31 heavy (non-hydrogen) atoms. The molecule has 2 N–H and O–H groups in total. The van der Waals surface area contributed by atoms with Crippen molar-refractivity contribution < 1.29 is 28.6 Å². The van der Waals surface area contributed by atoms with Crippen LogP contribution in [0.2, 0.25) is 0 Å². The van der Waals surface area contributed by atoms with E-state index in [0.717, 1.165) is 0 Å². The molecule has 1 heterocycles. The Hall–Kier alpha value is -3.40. The molecule has 164 valence electrons. The third kappa shape index (κ3) is 4.85. The molecule has 0 aliphatic carbocycles. The van der Waals surface area contributed by atoms with Gasteiger partial charge < -0.3 is 19.5 Å². The zero-order valence-electron chi connectivity index (χ0n) is 17.6. The minimum atomic E-state index is -0.469. The molecule has 0 radical (unpaired) electrons. The van der Waals surface area contributed by atoms with Gasteiger partial charge in [-0.1, -0.05) is 0 Å². The van der Waals surface area contributed by atoms with Gasteiger partial charge in [-0.05, 0) is 42.0 Å². The second kappa shape index (κ2) is 9.61. The molecular formula is C21H23N3O6S. The summed E-state index contributed by atoms with van der Waals surface area (Å²) >= 11 is 1.37. The lowest BCUT2D eigenvalue weighted by Crippen LogP contribution is -2.44. The smallest absolute Gasteiger partial charge is 0.269 e. The Morgan fingerprint density at radius 2 is 1.65 bits per heavy atom. The molecule has 3 amide bonds. The number of nitrogens with one attached hydrogen (secondary N) is 2. The quantitative estimate of drug-likeness (QED) is 0.675. The maximum absolute atomic E-state index is 12.7. The van der Waals surface area contributed by atoms with E-state index in [1.165, 1.54) is 45.0 Å². The van der Waals surface area contributed by atoms with Crippen molar-refractivity contribution in [2.24, 2.45) is 0 Å². The molecule has 0 spiro atoms. The van der Waals surface area contributed by atoms with E-state index in [1.54, 1.807) is 36.4 Å². The lowest BCUT2D eigenvalue weighted by atomic mass is 10.1. The first-order valence-corrected chi connectivity index (χ1v) is 10.3. The summed E-state index contributed by atoms with van der Waals surface area (Å²) in [4.78, 5) is 36.4. The molecule has 1 fully saturated rings. The number of hydrogen-bond acceptors (Lipinski definition) is 7. The third-order valence-corrected chi connectivity index (χ3v) is 5.74. The second-order valence-electron chi connectivity index (χ2n) is 6.59. The van der Waals surface area contributed by atoms with E-state index in [1.807, 2.05) is 0 Å². The number of hydrogen-bond donors (Lipinski definition) is 2. The number of rotatable bonds is 7. The van der Waals surface area contributed by atoms with Gasteiger partial charge in [-0.25, -0.2) is 5.01 Å². The van der Waals surface area contributed by atoms with E-state index in [2.05, 4.69) is 10.7 Å². The number of anilines is 1. The number of methoxy groups -OCH3 is 3. The minimum absolute atomic E-state index is 0.204. The summed E-state index contributed by atoms with van der Waals surface area (Å²) in [6, 6.07) is 9.88. The molecule has 10 heteroatoms. The number of carbonyl (C=O) groups excluding carboxylic acids is 3. The van der Waals surface area contributed by atoms with Crippen LogP contribution >= 0.6 is 11.8 Å². The van der Waals surface area contributed by atoms with Crippen LogP contribution in [0.5, 0.6) is 17.2 Å². The van der Waals surface area contributed by atoms with Crippen molar-refractivity contribution in [1.29, 1.82) is 0 Å². The summed E-state index contributed by atoms with van der Waals surface area (Å²) in [6.45, 7) is 1.40.